The Labute approximate surface area is 105 Å². The summed E-state index contributed by atoms with van der Waals surface area (Å²) in [5.74, 6) is 0. The van der Waals surface area contributed by atoms with E-state index in [1.807, 2.05) is 0 Å². The summed E-state index contributed by atoms with van der Waals surface area (Å²) in [7, 11) is 0. The van der Waals surface area contributed by atoms with Crippen LogP contribution in [0.2, 0.25) is 0 Å². The van der Waals surface area contributed by atoms with Gasteiger partial charge in [-0.2, -0.15) is 13.2 Å². The Morgan fingerprint density at radius 1 is 1.50 bits per heavy atom. The third-order valence-electron chi connectivity index (χ3n) is 2.72. The van der Waals surface area contributed by atoms with Crippen molar-refractivity contribution in [3.63, 3.8) is 0 Å². The second-order valence-electron chi connectivity index (χ2n) is 4.32. The maximum Gasteiger partial charge on any atom is 0.425 e. The smallest absolute Gasteiger partial charge is 0.425 e. The summed E-state index contributed by atoms with van der Waals surface area (Å²) in [4.78, 5) is 4.63. The standard InChI is InChI=1S/C10H12F3N3OS/c1-9(7-2-5(14)4-18-7)3-6(10(11,12)13)17-8(15)16-9/h2,4,6H,3,14H2,1H3,(H2,15,16)/t6?,9-/m0/s1. The summed E-state index contributed by atoms with van der Waals surface area (Å²) in [6, 6.07) is 1.17. The van der Waals surface area contributed by atoms with Crippen LogP contribution < -0.4 is 11.5 Å². The van der Waals surface area contributed by atoms with E-state index in [2.05, 4.69) is 9.73 Å². The molecule has 0 amide bonds. The summed E-state index contributed by atoms with van der Waals surface area (Å²) in [6.45, 7) is 1.59. The Balaban J connectivity index is 2.36. The summed E-state index contributed by atoms with van der Waals surface area (Å²) in [5, 5.41) is 1.66. The Morgan fingerprint density at radius 2 is 2.17 bits per heavy atom. The van der Waals surface area contributed by atoms with E-state index in [1.54, 1.807) is 18.4 Å². The second kappa shape index (κ2) is 4.04. The molecular weight excluding hydrogens is 267 g/mol. The first-order chi connectivity index (χ1) is 8.21. The minimum Gasteiger partial charge on any atom is -0.452 e. The van der Waals surface area contributed by atoms with Crippen molar-refractivity contribution in [2.75, 3.05) is 5.73 Å². The number of hydrogen-bond acceptors (Lipinski definition) is 5. The number of thiophene rings is 1. The van der Waals surface area contributed by atoms with Crippen LogP contribution in [0.5, 0.6) is 0 Å². The van der Waals surface area contributed by atoms with E-state index >= 15 is 0 Å². The number of amidine groups is 1. The van der Waals surface area contributed by atoms with Gasteiger partial charge in [0.2, 0.25) is 0 Å². The van der Waals surface area contributed by atoms with E-state index < -0.39 is 23.8 Å². The van der Waals surface area contributed by atoms with Crippen LogP contribution in [0.3, 0.4) is 0 Å². The molecule has 2 heterocycles. The predicted molar refractivity (Wildman–Crippen MR) is 63.3 cm³/mol. The normalized spacial score (nSPS) is 28.7. The third-order valence-corrected chi connectivity index (χ3v) is 3.92. The number of alkyl halides is 3. The van der Waals surface area contributed by atoms with Crippen LogP contribution in [0.15, 0.2) is 16.4 Å². The molecule has 0 fully saturated rings. The minimum atomic E-state index is -4.47. The summed E-state index contributed by atoms with van der Waals surface area (Å²) < 4.78 is 42.7. The first kappa shape index (κ1) is 13.0. The quantitative estimate of drug-likeness (QED) is 0.827. The van der Waals surface area contributed by atoms with Gasteiger partial charge >= 0.3 is 6.18 Å². The maximum atomic E-state index is 12.7. The van der Waals surface area contributed by atoms with Gasteiger partial charge in [-0.1, -0.05) is 0 Å². The minimum absolute atomic E-state index is 0.308. The zero-order valence-electron chi connectivity index (χ0n) is 9.49. The van der Waals surface area contributed by atoms with Crippen LogP contribution in [-0.2, 0) is 10.3 Å². The lowest BCUT2D eigenvalue weighted by atomic mass is 9.92. The van der Waals surface area contributed by atoms with Crippen molar-refractivity contribution >= 4 is 23.0 Å². The molecule has 0 spiro atoms. The molecule has 0 saturated heterocycles. The molecule has 2 atom stereocenters. The van der Waals surface area contributed by atoms with E-state index in [4.69, 9.17) is 11.5 Å². The summed E-state index contributed by atoms with van der Waals surface area (Å²) >= 11 is 1.26. The Bertz CT molecular complexity index is 485. The largest absolute Gasteiger partial charge is 0.452 e. The van der Waals surface area contributed by atoms with Crippen molar-refractivity contribution in [1.29, 1.82) is 0 Å². The van der Waals surface area contributed by atoms with Gasteiger partial charge in [-0.25, -0.2) is 4.99 Å². The fourth-order valence-electron chi connectivity index (χ4n) is 1.84. The van der Waals surface area contributed by atoms with Crippen molar-refractivity contribution in [3.05, 3.63) is 16.3 Å². The first-order valence-corrected chi connectivity index (χ1v) is 6.02. The molecule has 1 aliphatic rings. The molecule has 2 rings (SSSR count). The summed E-state index contributed by atoms with van der Waals surface area (Å²) in [5.41, 5.74) is 10.4. The zero-order chi connectivity index (χ0) is 13.6. The van der Waals surface area contributed by atoms with Crippen molar-refractivity contribution in [2.45, 2.75) is 31.2 Å². The monoisotopic (exact) mass is 279 g/mol. The van der Waals surface area contributed by atoms with Gasteiger partial charge in [-0.3, -0.25) is 0 Å². The number of halogens is 3. The molecule has 0 radical (unpaired) electrons. The number of anilines is 1. The molecule has 4 N–H and O–H groups in total. The lowest BCUT2D eigenvalue weighted by Gasteiger charge is -2.34. The first-order valence-electron chi connectivity index (χ1n) is 5.14. The fourth-order valence-corrected chi connectivity index (χ4v) is 2.75. The lowest BCUT2D eigenvalue weighted by Crippen LogP contribution is -2.45. The number of nitrogens with zero attached hydrogens (tertiary/aromatic N) is 1. The number of hydrogen-bond donors (Lipinski definition) is 2. The Morgan fingerprint density at radius 3 is 2.67 bits per heavy atom. The highest BCUT2D eigenvalue weighted by Gasteiger charge is 2.49. The maximum absolute atomic E-state index is 12.7. The number of ether oxygens (including phenoxy) is 1. The molecule has 0 aliphatic carbocycles. The lowest BCUT2D eigenvalue weighted by molar-refractivity contribution is -0.208. The van der Waals surface area contributed by atoms with Crippen LogP contribution in [-0.4, -0.2) is 18.3 Å². The van der Waals surface area contributed by atoms with Crippen LogP contribution in [0.25, 0.3) is 0 Å². The molecular formula is C10H12F3N3OS. The number of aliphatic imine (C=N–C) groups is 1. The van der Waals surface area contributed by atoms with Gasteiger partial charge in [-0.05, 0) is 13.0 Å². The molecule has 1 aromatic rings. The molecule has 1 aliphatic heterocycles. The molecule has 18 heavy (non-hydrogen) atoms. The van der Waals surface area contributed by atoms with Gasteiger partial charge in [0.1, 0.15) is 5.54 Å². The fraction of sp³-hybridized carbons (Fsp3) is 0.500. The second-order valence-corrected chi connectivity index (χ2v) is 5.23. The van der Waals surface area contributed by atoms with Crippen LogP contribution >= 0.6 is 11.3 Å². The molecule has 0 aromatic carbocycles. The number of rotatable bonds is 1. The molecule has 4 nitrogen and oxygen atoms in total. The van der Waals surface area contributed by atoms with Crippen molar-refractivity contribution < 1.29 is 17.9 Å². The number of nitrogen functional groups attached to an aromatic ring is 1. The molecule has 100 valence electrons. The highest BCUT2D eigenvalue weighted by atomic mass is 32.1. The Kier molecular flexibility index (Phi) is 2.92. The Hall–Kier alpha value is -1.44. The average molecular weight is 279 g/mol. The highest BCUT2D eigenvalue weighted by Crippen LogP contribution is 2.42. The van der Waals surface area contributed by atoms with Gasteiger partial charge in [-0.15, -0.1) is 11.3 Å². The predicted octanol–water partition coefficient (Wildman–Crippen LogP) is 2.21. The zero-order valence-corrected chi connectivity index (χ0v) is 10.3. The molecule has 1 unspecified atom stereocenters. The molecule has 0 bridgehead atoms. The van der Waals surface area contributed by atoms with Gasteiger partial charge in [0.25, 0.3) is 6.02 Å². The summed E-state index contributed by atoms with van der Waals surface area (Å²) in [6.07, 6.45) is -6.72. The SMILES string of the molecule is C[C@@]1(c2cc(N)cs2)CC(C(F)(F)F)OC(N)=N1. The van der Waals surface area contributed by atoms with Gasteiger partial charge < -0.3 is 16.2 Å². The van der Waals surface area contributed by atoms with E-state index in [0.29, 0.717) is 10.6 Å². The molecule has 8 heteroatoms. The van der Waals surface area contributed by atoms with E-state index in [0.717, 1.165) is 0 Å². The van der Waals surface area contributed by atoms with E-state index in [9.17, 15) is 13.2 Å². The topological polar surface area (TPSA) is 73.6 Å². The van der Waals surface area contributed by atoms with Crippen LogP contribution in [0.4, 0.5) is 18.9 Å². The average Bonchev–Trinajstić information content (AvgIpc) is 2.63. The van der Waals surface area contributed by atoms with Crippen LogP contribution in [0, 0.1) is 0 Å². The van der Waals surface area contributed by atoms with E-state index in [1.165, 1.54) is 11.3 Å². The van der Waals surface area contributed by atoms with Crippen molar-refractivity contribution in [1.82, 2.24) is 0 Å². The highest BCUT2D eigenvalue weighted by molar-refractivity contribution is 7.10. The van der Waals surface area contributed by atoms with Gasteiger partial charge in [0, 0.05) is 22.4 Å². The van der Waals surface area contributed by atoms with Crippen molar-refractivity contribution in [3.8, 4) is 0 Å². The molecule has 0 saturated carbocycles. The third kappa shape index (κ3) is 2.38. The van der Waals surface area contributed by atoms with E-state index in [-0.39, 0.29) is 6.42 Å². The number of nitrogens with two attached hydrogens (primary N) is 2. The van der Waals surface area contributed by atoms with Crippen molar-refractivity contribution in [2.24, 2.45) is 10.7 Å². The van der Waals surface area contributed by atoms with Crippen LogP contribution in [0.1, 0.15) is 18.2 Å². The van der Waals surface area contributed by atoms with Gasteiger partial charge in [0.15, 0.2) is 6.10 Å². The van der Waals surface area contributed by atoms with Gasteiger partial charge in [0.05, 0.1) is 0 Å². The molecule has 1 aromatic heterocycles.